The lowest BCUT2D eigenvalue weighted by Crippen LogP contribution is -2.17. The zero-order valence-electron chi connectivity index (χ0n) is 9.26. The maximum Gasteiger partial charge on any atom is 0.272 e. The van der Waals surface area contributed by atoms with Gasteiger partial charge in [0.1, 0.15) is 0 Å². The van der Waals surface area contributed by atoms with Gasteiger partial charge in [-0.1, -0.05) is 18.2 Å². The molecule has 4 nitrogen and oxygen atoms in total. The Kier molecular flexibility index (Phi) is 5.28. The van der Waals surface area contributed by atoms with Crippen LogP contribution in [-0.2, 0) is 6.42 Å². The molecule has 1 aromatic rings. The molecule has 0 fully saturated rings. The molecule has 1 atom stereocenters. The molecule has 0 aromatic heterocycles. The Morgan fingerprint density at radius 3 is 2.81 bits per heavy atom. The molecule has 0 amide bonds. The molecule has 16 heavy (non-hydrogen) atoms. The molecule has 0 saturated heterocycles. The van der Waals surface area contributed by atoms with E-state index in [4.69, 9.17) is 5.73 Å². The maximum atomic E-state index is 10.7. The zero-order valence-corrected chi connectivity index (χ0v) is 10.1. The molecule has 0 aliphatic heterocycles. The SMILES string of the molecule is CC(N)CSCCc1ccccc1[N+](=O)[O-]. The summed E-state index contributed by atoms with van der Waals surface area (Å²) in [4.78, 5) is 10.4. The lowest BCUT2D eigenvalue weighted by atomic mass is 10.1. The van der Waals surface area contributed by atoms with Crippen LogP contribution in [0.5, 0.6) is 0 Å². The number of para-hydroxylation sites is 1. The number of hydrogen-bond acceptors (Lipinski definition) is 4. The van der Waals surface area contributed by atoms with Crippen LogP contribution in [0.4, 0.5) is 5.69 Å². The van der Waals surface area contributed by atoms with E-state index in [0.29, 0.717) is 6.42 Å². The quantitative estimate of drug-likeness (QED) is 0.470. The van der Waals surface area contributed by atoms with E-state index in [1.807, 2.05) is 19.1 Å². The number of benzene rings is 1. The molecule has 2 N–H and O–H groups in total. The monoisotopic (exact) mass is 240 g/mol. The predicted octanol–water partition coefficient (Wildman–Crippen LogP) is 2.22. The summed E-state index contributed by atoms with van der Waals surface area (Å²) in [7, 11) is 0. The van der Waals surface area contributed by atoms with Gasteiger partial charge in [0.2, 0.25) is 0 Å². The Morgan fingerprint density at radius 2 is 2.19 bits per heavy atom. The van der Waals surface area contributed by atoms with Gasteiger partial charge in [-0.25, -0.2) is 0 Å². The van der Waals surface area contributed by atoms with Gasteiger partial charge in [-0.15, -0.1) is 0 Å². The van der Waals surface area contributed by atoms with Crippen LogP contribution in [0.2, 0.25) is 0 Å². The van der Waals surface area contributed by atoms with Crippen LogP contribution < -0.4 is 5.73 Å². The number of thioether (sulfide) groups is 1. The van der Waals surface area contributed by atoms with Gasteiger partial charge in [-0.05, 0) is 19.1 Å². The molecule has 1 unspecified atom stereocenters. The second-order valence-corrected chi connectivity index (χ2v) is 4.84. The van der Waals surface area contributed by atoms with Crippen LogP contribution in [0.15, 0.2) is 24.3 Å². The average molecular weight is 240 g/mol. The molecule has 0 bridgehead atoms. The van der Waals surface area contributed by atoms with Gasteiger partial charge < -0.3 is 5.73 Å². The number of nitro benzene ring substituents is 1. The first-order valence-corrected chi connectivity index (χ1v) is 6.32. The molecule has 88 valence electrons. The van der Waals surface area contributed by atoms with E-state index in [1.54, 1.807) is 23.9 Å². The Hall–Kier alpha value is -1.07. The van der Waals surface area contributed by atoms with Gasteiger partial charge in [-0.2, -0.15) is 11.8 Å². The average Bonchev–Trinajstić information content (AvgIpc) is 2.24. The van der Waals surface area contributed by atoms with Gasteiger partial charge in [0.15, 0.2) is 0 Å². The number of nitrogens with zero attached hydrogens (tertiary/aromatic N) is 1. The second kappa shape index (κ2) is 6.50. The largest absolute Gasteiger partial charge is 0.327 e. The highest BCUT2D eigenvalue weighted by molar-refractivity contribution is 7.99. The van der Waals surface area contributed by atoms with Gasteiger partial charge in [0.25, 0.3) is 5.69 Å². The Morgan fingerprint density at radius 1 is 1.50 bits per heavy atom. The van der Waals surface area contributed by atoms with Gasteiger partial charge >= 0.3 is 0 Å². The first-order chi connectivity index (χ1) is 7.61. The van der Waals surface area contributed by atoms with E-state index >= 15 is 0 Å². The van der Waals surface area contributed by atoms with Crippen molar-refractivity contribution in [2.45, 2.75) is 19.4 Å². The standard InChI is InChI=1S/C11H16N2O2S/c1-9(12)8-16-7-6-10-4-2-3-5-11(10)13(14)15/h2-5,9H,6-8,12H2,1H3. The highest BCUT2D eigenvalue weighted by Gasteiger charge is 2.11. The Balaban J connectivity index is 2.50. The number of rotatable bonds is 6. The second-order valence-electron chi connectivity index (χ2n) is 3.69. The van der Waals surface area contributed by atoms with Gasteiger partial charge in [0, 0.05) is 23.4 Å². The van der Waals surface area contributed by atoms with Crippen molar-refractivity contribution in [3.8, 4) is 0 Å². The molecule has 5 heteroatoms. The summed E-state index contributed by atoms with van der Waals surface area (Å²) < 4.78 is 0. The van der Waals surface area contributed by atoms with Crippen LogP contribution in [0.3, 0.4) is 0 Å². The third-order valence-corrected chi connectivity index (χ3v) is 3.34. The van der Waals surface area contributed by atoms with Crippen molar-refractivity contribution in [1.29, 1.82) is 0 Å². The first-order valence-electron chi connectivity index (χ1n) is 5.17. The third-order valence-electron chi connectivity index (χ3n) is 2.08. The van der Waals surface area contributed by atoms with Gasteiger partial charge in [-0.3, -0.25) is 10.1 Å². The summed E-state index contributed by atoms with van der Waals surface area (Å²) in [5, 5.41) is 10.7. The normalized spacial score (nSPS) is 12.4. The highest BCUT2D eigenvalue weighted by atomic mass is 32.2. The van der Waals surface area contributed by atoms with Crippen LogP contribution >= 0.6 is 11.8 Å². The molecule has 1 aromatic carbocycles. The Labute approximate surface area is 99.4 Å². The highest BCUT2D eigenvalue weighted by Crippen LogP contribution is 2.19. The van der Waals surface area contributed by atoms with Crippen molar-refractivity contribution < 1.29 is 4.92 Å². The van der Waals surface area contributed by atoms with Crippen LogP contribution in [0, 0.1) is 10.1 Å². The fourth-order valence-electron chi connectivity index (χ4n) is 1.35. The van der Waals surface area contributed by atoms with Crippen LogP contribution in [0.25, 0.3) is 0 Å². The minimum Gasteiger partial charge on any atom is -0.327 e. The molecule has 0 aliphatic carbocycles. The predicted molar refractivity (Wildman–Crippen MR) is 67.8 cm³/mol. The number of aryl methyl sites for hydroxylation is 1. The number of nitrogens with two attached hydrogens (primary N) is 1. The first kappa shape index (κ1) is 13.0. The summed E-state index contributed by atoms with van der Waals surface area (Å²) in [6, 6.07) is 7.06. The van der Waals surface area contributed by atoms with Crippen molar-refractivity contribution in [2.24, 2.45) is 5.73 Å². The van der Waals surface area contributed by atoms with Crippen molar-refractivity contribution in [3.63, 3.8) is 0 Å². The van der Waals surface area contributed by atoms with Crippen molar-refractivity contribution in [1.82, 2.24) is 0 Å². The topological polar surface area (TPSA) is 69.2 Å². The van der Waals surface area contributed by atoms with Crippen molar-refractivity contribution in [2.75, 3.05) is 11.5 Å². The van der Waals surface area contributed by atoms with E-state index < -0.39 is 0 Å². The summed E-state index contributed by atoms with van der Waals surface area (Å²) >= 11 is 1.73. The lowest BCUT2D eigenvalue weighted by molar-refractivity contribution is -0.385. The van der Waals surface area contributed by atoms with Crippen LogP contribution in [0.1, 0.15) is 12.5 Å². The molecule has 0 saturated carbocycles. The number of nitro groups is 1. The molecule has 0 spiro atoms. The van der Waals surface area contributed by atoms with E-state index in [0.717, 1.165) is 17.1 Å². The fourth-order valence-corrected chi connectivity index (χ4v) is 2.25. The number of hydrogen-bond donors (Lipinski definition) is 1. The molecular formula is C11H16N2O2S. The fraction of sp³-hybridized carbons (Fsp3) is 0.455. The lowest BCUT2D eigenvalue weighted by Gasteiger charge is -2.05. The van der Waals surface area contributed by atoms with Gasteiger partial charge in [0.05, 0.1) is 4.92 Å². The van der Waals surface area contributed by atoms with Crippen molar-refractivity contribution in [3.05, 3.63) is 39.9 Å². The molecule has 1 rings (SSSR count). The van der Waals surface area contributed by atoms with E-state index in [2.05, 4.69) is 0 Å². The molecule has 0 heterocycles. The molecule has 0 radical (unpaired) electrons. The smallest absolute Gasteiger partial charge is 0.272 e. The molecule has 0 aliphatic rings. The van der Waals surface area contributed by atoms with E-state index in [1.165, 1.54) is 0 Å². The summed E-state index contributed by atoms with van der Waals surface area (Å²) in [6.07, 6.45) is 0.717. The van der Waals surface area contributed by atoms with E-state index in [-0.39, 0.29) is 16.7 Å². The van der Waals surface area contributed by atoms with E-state index in [9.17, 15) is 10.1 Å². The third kappa shape index (κ3) is 4.20. The zero-order chi connectivity index (χ0) is 12.0. The van der Waals surface area contributed by atoms with Crippen molar-refractivity contribution >= 4 is 17.4 Å². The maximum absolute atomic E-state index is 10.7. The molecular weight excluding hydrogens is 224 g/mol. The summed E-state index contributed by atoms with van der Waals surface area (Å²) in [5.74, 6) is 1.76. The van der Waals surface area contributed by atoms with Crippen LogP contribution in [-0.4, -0.2) is 22.5 Å². The minimum atomic E-state index is -0.328. The summed E-state index contributed by atoms with van der Waals surface area (Å²) in [5.41, 5.74) is 6.63. The minimum absolute atomic E-state index is 0.177. The Bertz CT molecular complexity index is 356. The summed E-state index contributed by atoms with van der Waals surface area (Å²) in [6.45, 7) is 1.96.